The molecular weight excluding hydrogens is 152 g/mol. The zero-order valence-electron chi connectivity index (χ0n) is 7.17. The number of carbonyl (C=O) groups excluding carboxylic acids is 1. The number of rotatable bonds is 0. The zero-order valence-corrected chi connectivity index (χ0v) is 7.17. The van der Waals surface area contributed by atoms with Crippen molar-refractivity contribution >= 4 is 5.97 Å². The van der Waals surface area contributed by atoms with Gasteiger partial charge in [0.25, 0.3) is 0 Å². The van der Waals surface area contributed by atoms with Crippen molar-refractivity contribution in [1.82, 2.24) is 0 Å². The van der Waals surface area contributed by atoms with Crippen LogP contribution in [0.2, 0.25) is 0 Å². The molecule has 1 aliphatic heterocycles. The molecule has 3 unspecified atom stereocenters. The standard InChI is InChI=1S/C10H12O2/c1-9-4-2-3-7-10(9,6-5-9)8(11)12-7/h2-3,7H,4-6H2,1H3. The minimum Gasteiger partial charge on any atom is -0.456 e. The Morgan fingerprint density at radius 2 is 2.42 bits per heavy atom. The number of hydrogen-bond donors (Lipinski definition) is 0. The van der Waals surface area contributed by atoms with E-state index in [9.17, 15) is 4.79 Å². The third kappa shape index (κ3) is 0.425. The summed E-state index contributed by atoms with van der Waals surface area (Å²) in [5.41, 5.74) is 0.128. The van der Waals surface area contributed by atoms with E-state index >= 15 is 0 Å². The Labute approximate surface area is 71.6 Å². The van der Waals surface area contributed by atoms with Crippen LogP contribution in [0.3, 0.4) is 0 Å². The molecule has 3 aliphatic rings. The van der Waals surface area contributed by atoms with Crippen LogP contribution in [0.25, 0.3) is 0 Å². The minimum atomic E-state index is -0.0955. The zero-order chi connectivity index (χ0) is 8.40. The average molecular weight is 164 g/mol. The van der Waals surface area contributed by atoms with E-state index in [0.717, 1.165) is 12.8 Å². The van der Waals surface area contributed by atoms with Gasteiger partial charge >= 0.3 is 5.97 Å². The highest BCUT2D eigenvalue weighted by Gasteiger charge is 2.72. The first-order chi connectivity index (χ1) is 5.69. The van der Waals surface area contributed by atoms with Gasteiger partial charge in [-0.1, -0.05) is 13.0 Å². The second kappa shape index (κ2) is 1.61. The van der Waals surface area contributed by atoms with Gasteiger partial charge in [0.2, 0.25) is 0 Å². The minimum absolute atomic E-state index is 0.0469. The van der Waals surface area contributed by atoms with E-state index in [2.05, 4.69) is 19.1 Å². The van der Waals surface area contributed by atoms with Crippen LogP contribution in [0, 0.1) is 10.8 Å². The summed E-state index contributed by atoms with van der Waals surface area (Å²) in [6.07, 6.45) is 7.60. The van der Waals surface area contributed by atoms with Gasteiger partial charge in [-0.2, -0.15) is 0 Å². The molecule has 0 bridgehead atoms. The smallest absolute Gasteiger partial charge is 0.317 e. The summed E-state index contributed by atoms with van der Waals surface area (Å²) in [7, 11) is 0. The molecule has 0 radical (unpaired) electrons. The Bertz CT molecular complexity index is 294. The molecule has 2 heteroatoms. The molecule has 3 rings (SSSR count). The third-order valence-electron chi connectivity index (χ3n) is 4.11. The second-order valence-corrected chi connectivity index (χ2v) is 4.49. The quantitative estimate of drug-likeness (QED) is 0.402. The summed E-state index contributed by atoms with van der Waals surface area (Å²) in [4.78, 5) is 11.4. The van der Waals surface area contributed by atoms with Crippen LogP contribution in [0.15, 0.2) is 12.2 Å². The fourth-order valence-electron chi connectivity index (χ4n) is 2.97. The first-order valence-corrected chi connectivity index (χ1v) is 4.57. The van der Waals surface area contributed by atoms with E-state index in [1.54, 1.807) is 0 Å². The molecular formula is C10H12O2. The molecule has 3 atom stereocenters. The SMILES string of the molecule is CC12CC=CC3OC(=O)C31CC2. The summed E-state index contributed by atoms with van der Waals surface area (Å²) < 4.78 is 5.11. The van der Waals surface area contributed by atoms with Crippen molar-refractivity contribution < 1.29 is 9.53 Å². The molecule has 0 aromatic heterocycles. The Morgan fingerprint density at radius 1 is 1.58 bits per heavy atom. The van der Waals surface area contributed by atoms with Gasteiger partial charge in [-0.05, 0) is 30.8 Å². The second-order valence-electron chi connectivity index (χ2n) is 4.49. The largest absolute Gasteiger partial charge is 0.456 e. The van der Waals surface area contributed by atoms with Gasteiger partial charge in [0, 0.05) is 0 Å². The molecule has 2 nitrogen and oxygen atoms in total. The monoisotopic (exact) mass is 164 g/mol. The molecule has 2 aliphatic carbocycles. The molecule has 0 aromatic carbocycles. The summed E-state index contributed by atoms with van der Waals surface area (Å²) in [5, 5.41) is 0. The van der Waals surface area contributed by atoms with Crippen LogP contribution in [0.4, 0.5) is 0 Å². The predicted octanol–water partition coefficient (Wildman–Crippen LogP) is 1.66. The summed E-state index contributed by atoms with van der Waals surface area (Å²) in [5.74, 6) is 0.0469. The van der Waals surface area contributed by atoms with E-state index in [0.29, 0.717) is 0 Å². The highest BCUT2D eigenvalue weighted by molar-refractivity contribution is 5.86. The van der Waals surface area contributed by atoms with Crippen molar-refractivity contribution in [3.8, 4) is 0 Å². The summed E-state index contributed by atoms with van der Waals surface area (Å²) in [6, 6.07) is 0. The maximum Gasteiger partial charge on any atom is 0.317 e. The number of allylic oxidation sites excluding steroid dienone is 1. The van der Waals surface area contributed by atoms with Gasteiger partial charge in [-0.25, -0.2) is 0 Å². The lowest BCUT2D eigenvalue weighted by molar-refractivity contribution is -0.251. The van der Waals surface area contributed by atoms with Crippen LogP contribution in [-0.2, 0) is 9.53 Å². The number of carbonyl (C=O) groups is 1. The van der Waals surface area contributed by atoms with Crippen LogP contribution < -0.4 is 0 Å². The Balaban J connectivity index is 2.10. The van der Waals surface area contributed by atoms with Gasteiger partial charge < -0.3 is 4.74 Å². The number of hydrogen-bond acceptors (Lipinski definition) is 2. The summed E-state index contributed by atoms with van der Waals surface area (Å²) in [6.45, 7) is 2.22. The molecule has 64 valence electrons. The van der Waals surface area contributed by atoms with Crippen molar-refractivity contribution in [2.75, 3.05) is 0 Å². The average Bonchev–Trinajstić information content (AvgIpc) is 1.98. The normalized spacial score (nSPS) is 54.4. The van der Waals surface area contributed by atoms with Crippen molar-refractivity contribution in [1.29, 1.82) is 0 Å². The molecule has 1 spiro atoms. The van der Waals surface area contributed by atoms with E-state index in [-0.39, 0.29) is 22.9 Å². The lowest BCUT2D eigenvalue weighted by atomic mass is 9.43. The van der Waals surface area contributed by atoms with Gasteiger partial charge in [0.1, 0.15) is 11.5 Å². The van der Waals surface area contributed by atoms with Gasteiger partial charge in [-0.15, -0.1) is 0 Å². The fraction of sp³-hybridized carbons (Fsp3) is 0.700. The van der Waals surface area contributed by atoms with Crippen LogP contribution >= 0.6 is 0 Å². The maximum absolute atomic E-state index is 11.4. The van der Waals surface area contributed by atoms with E-state index in [1.165, 1.54) is 6.42 Å². The van der Waals surface area contributed by atoms with E-state index < -0.39 is 0 Å². The molecule has 1 saturated carbocycles. The number of esters is 1. The van der Waals surface area contributed by atoms with Gasteiger partial charge in [0.05, 0.1) is 0 Å². The highest BCUT2D eigenvalue weighted by Crippen LogP contribution is 2.67. The third-order valence-corrected chi connectivity index (χ3v) is 4.11. The molecule has 0 N–H and O–H groups in total. The molecule has 1 saturated heterocycles. The molecule has 0 amide bonds. The Kier molecular flexibility index (Phi) is 0.897. The van der Waals surface area contributed by atoms with Crippen molar-refractivity contribution in [2.45, 2.75) is 32.3 Å². The maximum atomic E-state index is 11.4. The highest BCUT2D eigenvalue weighted by atomic mass is 16.6. The van der Waals surface area contributed by atoms with Crippen molar-refractivity contribution in [2.24, 2.45) is 10.8 Å². The van der Waals surface area contributed by atoms with Gasteiger partial charge in [-0.3, -0.25) is 4.79 Å². The summed E-state index contributed by atoms with van der Waals surface area (Å²) >= 11 is 0. The van der Waals surface area contributed by atoms with Crippen molar-refractivity contribution in [3.05, 3.63) is 12.2 Å². The Morgan fingerprint density at radius 3 is 2.83 bits per heavy atom. The van der Waals surface area contributed by atoms with Crippen LogP contribution in [0.1, 0.15) is 26.2 Å². The van der Waals surface area contributed by atoms with Crippen LogP contribution in [0.5, 0.6) is 0 Å². The first kappa shape index (κ1) is 6.70. The molecule has 0 aromatic rings. The fourth-order valence-corrected chi connectivity index (χ4v) is 2.97. The predicted molar refractivity (Wildman–Crippen MR) is 43.4 cm³/mol. The number of ether oxygens (including phenoxy) is 1. The first-order valence-electron chi connectivity index (χ1n) is 4.57. The van der Waals surface area contributed by atoms with Crippen LogP contribution in [-0.4, -0.2) is 12.1 Å². The van der Waals surface area contributed by atoms with Gasteiger partial charge in [0.15, 0.2) is 0 Å². The topological polar surface area (TPSA) is 26.3 Å². The van der Waals surface area contributed by atoms with E-state index in [1.807, 2.05) is 0 Å². The molecule has 1 heterocycles. The lowest BCUT2D eigenvalue weighted by Crippen LogP contribution is -2.70. The van der Waals surface area contributed by atoms with Crippen molar-refractivity contribution in [3.63, 3.8) is 0 Å². The Hall–Kier alpha value is -0.790. The molecule has 2 fully saturated rings. The van der Waals surface area contributed by atoms with E-state index in [4.69, 9.17) is 4.74 Å². The lowest BCUT2D eigenvalue weighted by Gasteiger charge is -2.64. The molecule has 12 heavy (non-hydrogen) atoms.